The molecule has 0 radical (unpaired) electrons. The lowest BCUT2D eigenvalue weighted by molar-refractivity contribution is 0.334. The Labute approximate surface area is 108 Å². The van der Waals surface area contributed by atoms with E-state index in [1.165, 1.54) is 12.8 Å². The van der Waals surface area contributed by atoms with Crippen molar-refractivity contribution in [1.29, 1.82) is 0 Å². The number of nitrogens with one attached hydrogen (secondary N) is 1. The number of hydrogen-bond acceptors (Lipinski definition) is 5. The minimum atomic E-state index is 0.360. The molecule has 2 rings (SSSR count). The van der Waals surface area contributed by atoms with Crippen molar-refractivity contribution in [2.45, 2.75) is 38.6 Å². The molecule has 1 aliphatic rings. The molecule has 0 saturated heterocycles. The van der Waals surface area contributed by atoms with Crippen LogP contribution >= 0.6 is 0 Å². The maximum Gasteiger partial charge on any atom is 0.226 e. The van der Waals surface area contributed by atoms with Gasteiger partial charge in [0.2, 0.25) is 11.8 Å². The highest BCUT2D eigenvalue weighted by molar-refractivity contribution is 5.30. The zero-order chi connectivity index (χ0) is 13.0. The molecular formula is C13H22N4O. The topological polar surface area (TPSA) is 73.1 Å². The summed E-state index contributed by atoms with van der Waals surface area (Å²) in [6.07, 6.45) is 4.72. The van der Waals surface area contributed by atoms with Gasteiger partial charge in [0.25, 0.3) is 0 Å². The van der Waals surface area contributed by atoms with Gasteiger partial charge in [-0.25, -0.2) is 4.98 Å². The van der Waals surface area contributed by atoms with Gasteiger partial charge in [-0.05, 0) is 32.1 Å². The Morgan fingerprint density at radius 2 is 2.28 bits per heavy atom. The first kappa shape index (κ1) is 13.1. The average molecular weight is 250 g/mol. The van der Waals surface area contributed by atoms with E-state index in [0.717, 1.165) is 25.1 Å². The van der Waals surface area contributed by atoms with Crippen LogP contribution in [-0.4, -0.2) is 29.7 Å². The summed E-state index contributed by atoms with van der Waals surface area (Å²) in [6, 6.07) is 2.18. The first-order valence-corrected chi connectivity index (χ1v) is 6.56. The van der Waals surface area contributed by atoms with Gasteiger partial charge in [-0.1, -0.05) is 6.42 Å². The third-order valence-electron chi connectivity index (χ3n) is 3.41. The van der Waals surface area contributed by atoms with Crippen molar-refractivity contribution >= 4 is 5.95 Å². The highest BCUT2D eigenvalue weighted by Crippen LogP contribution is 2.23. The number of hydrogen-bond donors (Lipinski definition) is 2. The van der Waals surface area contributed by atoms with Gasteiger partial charge >= 0.3 is 0 Å². The van der Waals surface area contributed by atoms with Crippen molar-refractivity contribution in [1.82, 2.24) is 9.97 Å². The molecule has 3 N–H and O–H groups in total. The molecule has 2 unspecified atom stereocenters. The zero-order valence-corrected chi connectivity index (χ0v) is 11.1. The molecule has 0 amide bonds. The summed E-state index contributed by atoms with van der Waals surface area (Å²) in [4.78, 5) is 8.63. The molecule has 1 saturated carbocycles. The van der Waals surface area contributed by atoms with Crippen molar-refractivity contribution in [3.05, 3.63) is 11.8 Å². The molecule has 0 aliphatic heterocycles. The van der Waals surface area contributed by atoms with Crippen LogP contribution in [0.1, 0.15) is 31.4 Å². The molecule has 2 atom stereocenters. The third-order valence-corrected chi connectivity index (χ3v) is 3.41. The van der Waals surface area contributed by atoms with Crippen LogP contribution in [0.3, 0.4) is 0 Å². The van der Waals surface area contributed by atoms with Crippen molar-refractivity contribution in [2.75, 3.05) is 19.0 Å². The SMILES string of the molecule is COc1cc(C)nc(NCC2CCCC(N)C2)n1. The minimum absolute atomic E-state index is 0.360. The van der Waals surface area contributed by atoms with Gasteiger partial charge in [0.05, 0.1) is 7.11 Å². The quantitative estimate of drug-likeness (QED) is 0.851. The van der Waals surface area contributed by atoms with Crippen LogP contribution in [0, 0.1) is 12.8 Å². The fraction of sp³-hybridized carbons (Fsp3) is 0.692. The Morgan fingerprint density at radius 3 is 3.00 bits per heavy atom. The molecule has 0 aromatic carbocycles. The average Bonchev–Trinajstić information content (AvgIpc) is 2.36. The lowest BCUT2D eigenvalue weighted by atomic mass is 9.86. The van der Waals surface area contributed by atoms with Gasteiger partial charge in [-0.2, -0.15) is 4.98 Å². The van der Waals surface area contributed by atoms with Crippen LogP contribution in [0.4, 0.5) is 5.95 Å². The Bertz CT molecular complexity index is 397. The summed E-state index contributed by atoms with van der Waals surface area (Å²) in [5.41, 5.74) is 6.89. The lowest BCUT2D eigenvalue weighted by Crippen LogP contribution is -2.31. The van der Waals surface area contributed by atoms with Gasteiger partial charge in [0.1, 0.15) is 0 Å². The van der Waals surface area contributed by atoms with Gasteiger partial charge in [-0.3, -0.25) is 0 Å². The Kier molecular flexibility index (Phi) is 4.36. The normalized spacial score (nSPS) is 23.7. The summed E-state index contributed by atoms with van der Waals surface area (Å²) in [5.74, 6) is 1.88. The van der Waals surface area contributed by atoms with Crippen LogP contribution < -0.4 is 15.8 Å². The van der Waals surface area contributed by atoms with E-state index in [0.29, 0.717) is 23.8 Å². The van der Waals surface area contributed by atoms with Crippen LogP contribution in [0.5, 0.6) is 5.88 Å². The predicted molar refractivity (Wildman–Crippen MR) is 71.7 cm³/mol. The van der Waals surface area contributed by atoms with E-state index in [2.05, 4.69) is 15.3 Å². The van der Waals surface area contributed by atoms with Crippen molar-refractivity contribution < 1.29 is 4.74 Å². The maximum atomic E-state index is 5.98. The van der Waals surface area contributed by atoms with Gasteiger partial charge in [0.15, 0.2) is 0 Å². The fourth-order valence-electron chi connectivity index (χ4n) is 2.48. The molecule has 0 bridgehead atoms. The van der Waals surface area contributed by atoms with E-state index >= 15 is 0 Å². The molecule has 1 aromatic heterocycles. The monoisotopic (exact) mass is 250 g/mol. The molecule has 5 nitrogen and oxygen atoms in total. The first-order valence-electron chi connectivity index (χ1n) is 6.56. The van der Waals surface area contributed by atoms with E-state index in [1.807, 2.05) is 13.0 Å². The Hall–Kier alpha value is -1.36. The minimum Gasteiger partial charge on any atom is -0.481 e. The lowest BCUT2D eigenvalue weighted by Gasteiger charge is -2.26. The number of nitrogens with two attached hydrogens (primary N) is 1. The van der Waals surface area contributed by atoms with Crippen molar-refractivity contribution in [2.24, 2.45) is 11.7 Å². The number of rotatable bonds is 4. The number of ether oxygens (including phenoxy) is 1. The first-order chi connectivity index (χ1) is 8.67. The molecule has 1 fully saturated rings. The summed E-state index contributed by atoms with van der Waals surface area (Å²) >= 11 is 0. The van der Waals surface area contributed by atoms with Crippen molar-refractivity contribution in [3.63, 3.8) is 0 Å². The van der Waals surface area contributed by atoms with E-state index < -0.39 is 0 Å². The van der Waals surface area contributed by atoms with E-state index in [-0.39, 0.29) is 0 Å². The highest BCUT2D eigenvalue weighted by atomic mass is 16.5. The molecule has 1 aromatic rings. The molecule has 1 aliphatic carbocycles. The predicted octanol–water partition coefficient (Wildman–Crippen LogP) is 1.72. The van der Waals surface area contributed by atoms with Crippen LogP contribution in [-0.2, 0) is 0 Å². The smallest absolute Gasteiger partial charge is 0.226 e. The van der Waals surface area contributed by atoms with Crippen LogP contribution in [0.15, 0.2) is 6.07 Å². The number of nitrogens with zero attached hydrogens (tertiary/aromatic N) is 2. The van der Waals surface area contributed by atoms with Gasteiger partial charge < -0.3 is 15.8 Å². The van der Waals surface area contributed by atoms with Crippen LogP contribution in [0.25, 0.3) is 0 Å². The number of aromatic nitrogens is 2. The van der Waals surface area contributed by atoms with Crippen LogP contribution in [0.2, 0.25) is 0 Å². The summed E-state index contributed by atoms with van der Waals surface area (Å²) in [7, 11) is 1.62. The molecule has 0 spiro atoms. The molecule has 5 heteroatoms. The summed E-state index contributed by atoms with van der Waals surface area (Å²) in [6.45, 7) is 2.83. The van der Waals surface area contributed by atoms with E-state index in [1.54, 1.807) is 7.11 Å². The highest BCUT2D eigenvalue weighted by Gasteiger charge is 2.19. The second-order valence-electron chi connectivity index (χ2n) is 5.05. The van der Waals surface area contributed by atoms with Gasteiger partial charge in [-0.15, -0.1) is 0 Å². The largest absolute Gasteiger partial charge is 0.481 e. The summed E-state index contributed by atoms with van der Waals surface area (Å²) < 4.78 is 5.13. The molecule has 1 heterocycles. The van der Waals surface area contributed by atoms with Crippen molar-refractivity contribution in [3.8, 4) is 5.88 Å². The Balaban J connectivity index is 1.91. The van der Waals surface area contributed by atoms with Gasteiger partial charge in [0, 0.05) is 24.3 Å². The maximum absolute atomic E-state index is 5.98. The number of aryl methyl sites for hydroxylation is 1. The Morgan fingerprint density at radius 1 is 1.44 bits per heavy atom. The molecule has 100 valence electrons. The second-order valence-corrected chi connectivity index (χ2v) is 5.05. The second kappa shape index (κ2) is 6.00. The number of anilines is 1. The molecular weight excluding hydrogens is 228 g/mol. The fourth-order valence-corrected chi connectivity index (χ4v) is 2.48. The number of methoxy groups -OCH3 is 1. The zero-order valence-electron chi connectivity index (χ0n) is 11.1. The third kappa shape index (κ3) is 3.57. The van der Waals surface area contributed by atoms with E-state index in [9.17, 15) is 0 Å². The molecule has 18 heavy (non-hydrogen) atoms. The standard InChI is InChI=1S/C13H22N4O/c1-9-6-12(18-2)17-13(16-9)15-8-10-4-3-5-11(14)7-10/h6,10-11H,3-5,7-8,14H2,1-2H3,(H,15,16,17). The van der Waals surface area contributed by atoms with E-state index in [4.69, 9.17) is 10.5 Å². The summed E-state index contributed by atoms with van der Waals surface area (Å²) in [5, 5.41) is 3.29.